The molecule has 0 atom stereocenters. The summed E-state index contributed by atoms with van der Waals surface area (Å²) in [4.78, 5) is 45.8. The highest BCUT2D eigenvalue weighted by Crippen LogP contribution is 2.33. The van der Waals surface area contributed by atoms with Crippen LogP contribution < -0.4 is 5.56 Å². The van der Waals surface area contributed by atoms with Crippen LogP contribution in [0.15, 0.2) is 35.4 Å². The van der Waals surface area contributed by atoms with Crippen LogP contribution in [-0.2, 0) is 0 Å². The smallest absolute Gasteiger partial charge is 0.261 e. The first-order chi connectivity index (χ1) is 11.6. The lowest BCUT2D eigenvalue weighted by molar-refractivity contribution is 0.0609. The van der Waals surface area contributed by atoms with Gasteiger partial charge in [0, 0.05) is 28.4 Å². The molecule has 0 bridgehead atoms. The number of nitrogens with zero attached hydrogens (tertiary/aromatic N) is 2. The Balaban J connectivity index is 2.10. The van der Waals surface area contributed by atoms with E-state index in [0.29, 0.717) is 39.3 Å². The van der Waals surface area contributed by atoms with Crippen LogP contribution in [0, 0.1) is 0 Å². The van der Waals surface area contributed by atoms with Gasteiger partial charge < -0.3 is 4.98 Å². The zero-order chi connectivity index (χ0) is 16.8. The molecule has 1 aliphatic heterocycles. The van der Waals surface area contributed by atoms with Gasteiger partial charge in [-0.2, -0.15) is 0 Å². The Morgan fingerprint density at radius 3 is 2.67 bits per heavy atom. The average Bonchev–Trinajstić information content (AvgIpc) is 2.60. The molecule has 6 nitrogen and oxygen atoms in total. The molecule has 24 heavy (non-hydrogen) atoms. The van der Waals surface area contributed by atoms with Gasteiger partial charge in [0.2, 0.25) is 0 Å². The van der Waals surface area contributed by atoms with Crippen molar-refractivity contribution in [3.8, 4) is 0 Å². The van der Waals surface area contributed by atoms with Gasteiger partial charge in [-0.1, -0.05) is 25.5 Å². The zero-order valence-electron chi connectivity index (χ0n) is 13.1. The lowest BCUT2D eigenvalue weighted by Crippen LogP contribution is -2.41. The molecule has 0 spiro atoms. The number of benzene rings is 2. The average molecular weight is 321 g/mol. The summed E-state index contributed by atoms with van der Waals surface area (Å²) < 4.78 is 0. The van der Waals surface area contributed by atoms with E-state index in [-0.39, 0.29) is 17.4 Å². The summed E-state index contributed by atoms with van der Waals surface area (Å²) in [6.45, 7) is 2.39. The maximum absolute atomic E-state index is 12.8. The number of aromatic nitrogens is 2. The topological polar surface area (TPSA) is 83.1 Å². The highest BCUT2D eigenvalue weighted by molar-refractivity contribution is 6.28. The van der Waals surface area contributed by atoms with Crippen LogP contribution in [0.5, 0.6) is 0 Å². The van der Waals surface area contributed by atoms with Crippen molar-refractivity contribution in [1.29, 1.82) is 0 Å². The lowest BCUT2D eigenvalue weighted by atomic mass is 9.92. The summed E-state index contributed by atoms with van der Waals surface area (Å²) in [5, 5.41) is 1.60. The molecule has 1 aromatic heterocycles. The third-order valence-electron chi connectivity index (χ3n) is 4.45. The number of unbranched alkanes of at least 4 members (excludes halogenated alkanes) is 1. The molecule has 120 valence electrons. The van der Waals surface area contributed by atoms with E-state index < -0.39 is 0 Å². The third-order valence-corrected chi connectivity index (χ3v) is 4.45. The fourth-order valence-corrected chi connectivity index (χ4v) is 3.26. The molecular weight excluding hydrogens is 306 g/mol. The Morgan fingerprint density at radius 2 is 1.88 bits per heavy atom. The van der Waals surface area contributed by atoms with Gasteiger partial charge in [-0.3, -0.25) is 19.3 Å². The molecular formula is C18H15N3O3. The van der Waals surface area contributed by atoms with Crippen LogP contribution in [0.2, 0.25) is 0 Å². The fourth-order valence-electron chi connectivity index (χ4n) is 3.26. The summed E-state index contributed by atoms with van der Waals surface area (Å²) in [5.74, 6) is -0.627. The van der Waals surface area contributed by atoms with Gasteiger partial charge in [-0.05, 0) is 18.6 Å². The molecule has 0 saturated heterocycles. The van der Waals surface area contributed by atoms with Crippen molar-refractivity contribution in [2.24, 2.45) is 0 Å². The predicted octanol–water partition coefficient (Wildman–Crippen LogP) is 2.47. The molecule has 1 N–H and O–H groups in total. The van der Waals surface area contributed by atoms with Crippen molar-refractivity contribution in [2.75, 3.05) is 6.54 Å². The van der Waals surface area contributed by atoms with Gasteiger partial charge in [-0.25, -0.2) is 4.98 Å². The first-order valence-electron chi connectivity index (χ1n) is 7.92. The first kappa shape index (κ1) is 14.6. The van der Waals surface area contributed by atoms with Gasteiger partial charge in [0.1, 0.15) is 0 Å². The number of imide groups is 1. The van der Waals surface area contributed by atoms with E-state index in [4.69, 9.17) is 0 Å². The second-order valence-electron chi connectivity index (χ2n) is 5.90. The number of hydrogen-bond donors (Lipinski definition) is 1. The van der Waals surface area contributed by atoms with Crippen LogP contribution in [-0.4, -0.2) is 33.2 Å². The Kier molecular flexibility index (Phi) is 3.19. The number of carbonyl (C=O) groups excluding carboxylic acids is 2. The van der Waals surface area contributed by atoms with Gasteiger partial charge in [-0.15, -0.1) is 0 Å². The summed E-state index contributed by atoms with van der Waals surface area (Å²) >= 11 is 0. The highest BCUT2D eigenvalue weighted by Gasteiger charge is 2.33. The number of fused-ring (bicyclic) bond motifs is 2. The SMILES string of the molecule is CCCCN1C(=O)c2cccc3c2c(cc2c(=O)[nH]cnc23)C1=O. The second-order valence-corrected chi connectivity index (χ2v) is 5.90. The zero-order valence-corrected chi connectivity index (χ0v) is 13.1. The normalized spacial score (nSPS) is 14.0. The standard InChI is InChI=1S/C18H15N3O3/c1-2-3-7-21-17(23)11-6-4-5-10-14(11)12(18(21)24)8-13-15(10)19-9-20-16(13)22/h4-6,8-9H,2-3,7H2,1H3,(H,19,20,22). The van der Waals surface area contributed by atoms with Crippen LogP contribution in [0.3, 0.4) is 0 Å². The van der Waals surface area contributed by atoms with Crippen molar-refractivity contribution in [3.05, 3.63) is 52.1 Å². The van der Waals surface area contributed by atoms with Crippen molar-refractivity contribution in [1.82, 2.24) is 14.9 Å². The Bertz CT molecular complexity index is 1070. The van der Waals surface area contributed by atoms with Gasteiger partial charge >= 0.3 is 0 Å². The molecule has 4 rings (SSSR count). The van der Waals surface area contributed by atoms with Crippen molar-refractivity contribution >= 4 is 33.5 Å². The third kappa shape index (κ3) is 1.89. The van der Waals surface area contributed by atoms with E-state index in [9.17, 15) is 14.4 Å². The maximum Gasteiger partial charge on any atom is 0.261 e. The summed E-state index contributed by atoms with van der Waals surface area (Å²) in [7, 11) is 0. The molecule has 2 aromatic carbocycles. The number of H-pyrrole nitrogens is 1. The predicted molar refractivity (Wildman–Crippen MR) is 90.1 cm³/mol. The number of aromatic amines is 1. The molecule has 0 fully saturated rings. The molecule has 0 unspecified atom stereocenters. The van der Waals surface area contributed by atoms with E-state index in [1.807, 2.05) is 6.92 Å². The molecule has 0 saturated carbocycles. The minimum atomic E-state index is -0.345. The highest BCUT2D eigenvalue weighted by atomic mass is 16.2. The van der Waals surface area contributed by atoms with Crippen molar-refractivity contribution in [2.45, 2.75) is 19.8 Å². The van der Waals surface area contributed by atoms with E-state index >= 15 is 0 Å². The molecule has 3 aromatic rings. The van der Waals surface area contributed by atoms with Crippen LogP contribution in [0.25, 0.3) is 21.7 Å². The Morgan fingerprint density at radius 1 is 1.08 bits per heavy atom. The molecule has 2 amide bonds. The molecule has 0 aliphatic carbocycles. The second kappa shape index (κ2) is 5.26. The van der Waals surface area contributed by atoms with E-state index in [2.05, 4.69) is 9.97 Å². The van der Waals surface area contributed by atoms with E-state index in [1.54, 1.807) is 24.3 Å². The Hall–Kier alpha value is -3.02. The van der Waals surface area contributed by atoms with Crippen LogP contribution in [0.1, 0.15) is 40.5 Å². The van der Waals surface area contributed by atoms with Gasteiger partial charge in [0.05, 0.1) is 17.2 Å². The summed E-state index contributed by atoms with van der Waals surface area (Å²) in [6, 6.07) is 6.83. The van der Waals surface area contributed by atoms with E-state index in [0.717, 1.165) is 12.8 Å². The van der Waals surface area contributed by atoms with E-state index in [1.165, 1.54) is 11.2 Å². The largest absolute Gasteiger partial charge is 0.313 e. The number of rotatable bonds is 3. The minimum absolute atomic E-state index is 0.282. The summed E-state index contributed by atoms with van der Waals surface area (Å²) in [5.41, 5.74) is 1.08. The number of amides is 2. The quantitative estimate of drug-likeness (QED) is 0.593. The first-order valence-corrected chi connectivity index (χ1v) is 7.92. The van der Waals surface area contributed by atoms with Crippen molar-refractivity contribution in [3.63, 3.8) is 0 Å². The molecule has 0 radical (unpaired) electrons. The minimum Gasteiger partial charge on any atom is -0.313 e. The molecule has 1 aliphatic rings. The van der Waals surface area contributed by atoms with Gasteiger partial charge in [0.15, 0.2) is 0 Å². The number of hydrogen-bond acceptors (Lipinski definition) is 4. The molecule has 2 heterocycles. The van der Waals surface area contributed by atoms with Crippen LogP contribution >= 0.6 is 0 Å². The lowest BCUT2D eigenvalue weighted by Gasteiger charge is -2.27. The number of nitrogens with one attached hydrogen (secondary N) is 1. The molecule has 6 heteroatoms. The number of carbonyl (C=O) groups is 2. The van der Waals surface area contributed by atoms with Crippen molar-refractivity contribution < 1.29 is 9.59 Å². The fraction of sp³-hybridized carbons (Fsp3) is 0.222. The van der Waals surface area contributed by atoms with Crippen LogP contribution in [0.4, 0.5) is 0 Å². The Labute approximate surface area is 137 Å². The monoisotopic (exact) mass is 321 g/mol. The van der Waals surface area contributed by atoms with Gasteiger partial charge in [0.25, 0.3) is 17.4 Å². The summed E-state index contributed by atoms with van der Waals surface area (Å²) in [6.07, 6.45) is 2.97. The maximum atomic E-state index is 12.8.